The summed E-state index contributed by atoms with van der Waals surface area (Å²) in [5, 5.41) is 0. The molecule has 0 N–H and O–H groups in total. The zero-order valence-electron chi connectivity index (χ0n) is 8.98. The fourth-order valence-corrected chi connectivity index (χ4v) is 2.54. The summed E-state index contributed by atoms with van der Waals surface area (Å²) in [7, 11) is 0. The van der Waals surface area contributed by atoms with Gasteiger partial charge in [-0.25, -0.2) is 4.98 Å². The second-order valence-corrected chi connectivity index (χ2v) is 5.47. The van der Waals surface area contributed by atoms with Crippen molar-refractivity contribution in [1.29, 1.82) is 0 Å². The van der Waals surface area contributed by atoms with Crippen LogP contribution < -0.4 is 0 Å². The lowest BCUT2D eigenvalue weighted by Gasteiger charge is -2.19. The molecule has 1 aromatic rings. The fourth-order valence-electron chi connectivity index (χ4n) is 2.01. The minimum Gasteiger partial charge on any atom is -0.336 e. The molecule has 2 rings (SSSR count). The lowest BCUT2D eigenvalue weighted by Crippen LogP contribution is -2.28. The van der Waals surface area contributed by atoms with Gasteiger partial charge in [0, 0.05) is 30.3 Å². The van der Waals surface area contributed by atoms with Gasteiger partial charge in [0.2, 0.25) is 0 Å². The van der Waals surface area contributed by atoms with E-state index >= 15 is 0 Å². The molecule has 1 aliphatic rings. The summed E-state index contributed by atoms with van der Waals surface area (Å²) >= 11 is 3.71. The standard InChI is InChI=1S/C11H18BrN3/c12-11-2-1-5-14(6-3-11)8-9-15-7-4-13-10-15/h4,7,10-11H,1-3,5-6,8-9H2. The van der Waals surface area contributed by atoms with Crippen LogP contribution in [-0.4, -0.2) is 38.9 Å². The SMILES string of the molecule is BrC1CCCN(CCn2ccnc2)CC1. The van der Waals surface area contributed by atoms with Crippen molar-refractivity contribution < 1.29 is 0 Å². The van der Waals surface area contributed by atoms with Gasteiger partial charge in [0.1, 0.15) is 0 Å². The minimum absolute atomic E-state index is 0.732. The van der Waals surface area contributed by atoms with Gasteiger partial charge in [-0.3, -0.25) is 0 Å². The van der Waals surface area contributed by atoms with Crippen LogP contribution in [0.3, 0.4) is 0 Å². The van der Waals surface area contributed by atoms with E-state index in [1.165, 1.54) is 32.4 Å². The molecule has 3 nitrogen and oxygen atoms in total. The molecule has 84 valence electrons. The third kappa shape index (κ3) is 3.61. The number of alkyl halides is 1. The maximum absolute atomic E-state index is 4.05. The Hall–Kier alpha value is -0.350. The third-order valence-electron chi connectivity index (χ3n) is 2.98. The molecule has 1 atom stereocenters. The summed E-state index contributed by atoms with van der Waals surface area (Å²) in [6.07, 6.45) is 9.69. The molecule has 4 heteroatoms. The second kappa shape index (κ2) is 5.66. The fraction of sp³-hybridized carbons (Fsp3) is 0.727. The van der Waals surface area contributed by atoms with Crippen molar-refractivity contribution in [2.75, 3.05) is 19.6 Å². The van der Waals surface area contributed by atoms with Gasteiger partial charge in [-0.2, -0.15) is 0 Å². The number of hydrogen-bond donors (Lipinski definition) is 0. The molecule has 0 spiro atoms. The zero-order chi connectivity index (χ0) is 10.5. The van der Waals surface area contributed by atoms with Gasteiger partial charge in [0.25, 0.3) is 0 Å². The molecular weight excluding hydrogens is 254 g/mol. The summed E-state index contributed by atoms with van der Waals surface area (Å²) in [5.74, 6) is 0. The maximum Gasteiger partial charge on any atom is 0.0946 e. The molecule has 1 aliphatic heterocycles. The number of aromatic nitrogens is 2. The van der Waals surface area contributed by atoms with Crippen molar-refractivity contribution in [3.05, 3.63) is 18.7 Å². The summed E-state index contributed by atoms with van der Waals surface area (Å²) in [6.45, 7) is 4.68. The lowest BCUT2D eigenvalue weighted by atomic mass is 10.2. The molecule has 1 saturated heterocycles. The van der Waals surface area contributed by atoms with Crippen LogP contribution in [0, 0.1) is 0 Å². The Morgan fingerprint density at radius 3 is 3.00 bits per heavy atom. The van der Waals surface area contributed by atoms with E-state index in [1.807, 2.05) is 18.7 Å². The number of imidazole rings is 1. The summed E-state index contributed by atoms with van der Waals surface area (Å²) in [6, 6.07) is 0. The average molecular weight is 272 g/mol. The number of halogens is 1. The van der Waals surface area contributed by atoms with Gasteiger partial charge in [-0.15, -0.1) is 0 Å². The van der Waals surface area contributed by atoms with E-state index < -0.39 is 0 Å². The van der Waals surface area contributed by atoms with Gasteiger partial charge in [-0.05, 0) is 32.4 Å². The summed E-state index contributed by atoms with van der Waals surface area (Å²) < 4.78 is 2.15. The van der Waals surface area contributed by atoms with Crippen molar-refractivity contribution >= 4 is 15.9 Å². The number of nitrogens with zero attached hydrogens (tertiary/aromatic N) is 3. The molecule has 0 radical (unpaired) electrons. The average Bonchev–Trinajstić information content (AvgIpc) is 2.66. The lowest BCUT2D eigenvalue weighted by molar-refractivity contribution is 0.273. The van der Waals surface area contributed by atoms with Crippen LogP contribution in [0.25, 0.3) is 0 Å². The predicted octanol–water partition coefficient (Wildman–Crippen LogP) is 2.13. The van der Waals surface area contributed by atoms with Crippen LogP contribution in [0.1, 0.15) is 19.3 Å². The van der Waals surface area contributed by atoms with Crippen molar-refractivity contribution in [3.8, 4) is 0 Å². The van der Waals surface area contributed by atoms with Crippen LogP contribution in [0.2, 0.25) is 0 Å². The van der Waals surface area contributed by atoms with Crippen molar-refractivity contribution in [3.63, 3.8) is 0 Å². The predicted molar refractivity (Wildman–Crippen MR) is 65.2 cm³/mol. The smallest absolute Gasteiger partial charge is 0.0946 e. The van der Waals surface area contributed by atoms with E-state index in [0.717, 1.165) is 17.9 Å². The molecule has 1 aromatic heterocycles. The van der Waals surface area contributed by atoms with E-state index in [0.29, 0.717) is 0 Å². The highest BCUT2D eigenvalue weighted by Crippen LogP contribution is 2.17. The summed E-state index contributed by atoms with van der Waals surface area (Å²) in [4.78, 5) is 7.34. The van der Waals surface area contributed by atoms with Crippen molar-refractivity contribution in [1.82, 2.24) is 14.5 Å². The molecule has 1 fully saturated rings. The van der Waals surface area contributed by atoms with E-state index in [-0.39, 0.29) is 0 Å². The first-order chi connectivity index (χ1) is 7.34. The number of likely N-dealkylation sites (tertiary alicyclic amines) is 1. The Bertz CT molecular complexity index is 273. The van der Waals surface area contributed by atoms with E-state index in [1.54, 1.807) is 0 Å². The quantitative estimate of drug-likeness (QED) is 0.786. The normalized spacial score (nSPS) is 23.9. The molecule has 0 amide bonds. The van der Waals surface area contributed by atoms with E-state index in [4.69, 9.17) is 0 Å². The van der Waals surface area contributed by atoms with Gasteiger partial charge in [0.05, 0.1) is 6.33 Å². The maximum atomic E-state index is 4.05. The Kier molecular flexibility index (Phi) is 4.20. The molecule has 0 aliphatic carbocycles. The van der Waals surface area contributed by atoms with Gasteiger partial charge in [-0.1, -0.05) is 15.9 Å². The molecule has 15 heavy (non-hydrogen) atoms. The highest BCUT2D eigenvalue weighted by Gasteiger charge is 2.13. The van der Waals surface area contributed by atoms with E-state index in [9.17, 15) is 0 Å². The zero-order valence-corrected chi connectivity index (χ0v) is 10.6. The van der Waals surface area contributed by atoms with Crippen LogP contribution in [0.4, 0.5) is 0 Å². The Morgan fingerprint density at radius 2 is 2.20 bits per heavy atom. The molecule has 0 saturated carbocycles. The van der Waals surface area contributed by atoms with Gasteiger partial charge >= 0.3 is 0 Å². The topological polar surface area (TPSA) is 21.1 Å². The first kappa shape index (κ1) is 11.1. The Balaban J connectivity index is 1.74. The second-order valence-electron chi connectivity index (χ2n) is 4.17. The minimum atomic E-state index is 0.732. The molecular formula is C11H18BrN3. The van der Waals surface area contributed by atoms with E-state index in [2.05, 4.69) is 30.4 Å². The largest absolute Gasteiger partial charge is 0.336 e. The molecule has 2 heterocycles. The van der Waals surface area contributed by atoms with Gasteiger partial charge in [0.15, 0.2) is 0 Å². The van der Waals surface area contributed by atoms with Gasteiger partial charge < -0.3 is 9.47 Å². The first-order valence-electron chi connectivity index (χ1n) is 5.67. The van der Waals surface area contributed by atoms with Crippen LogP contribution in [0.15, 0.2) is 18.7 Å². The van der Waals surface area contributed by atoms with Crippen LogP contribution in [-0.2, 0) is 6.54 Å². The Morgan fingerprint density at radius 1 is 1.27 bits per heavy atom. The number of hydrogen-bond acceptors (Lipinski definition) is 2. The molecule has 1 unspecified atom stereocenters. The first-order valence-corrected chi connectivity index (χ1v) is 6.58. The third-order valence-corrected chi connectivity index (χ3v) is 3.90. The highest BCUT2D eigenvalue weighted by molar-refractivity contribution is 9.09. The molecule has 0 bridgehead atoms. The highest BCUT2D eigenvalue weighted by atomic mass is 79.9. The van der Waals surface area contributed by atoms with Crippen LogP contribution in [0.5, 0.6) is 0 Å². The van der Waals surface area contributed by atoms with Crippen molar-refractivity contribution in [2.24, 2.45) is 0 Å². The Labute approximate surface area is 99.6 Å². The number of rotatable bonds is 3. The summed E-state index contributed by atoms with van der Waals surface area (Å²) in [5.41, 5.74) is 0. The van der Waals surface area contributed by atoms with Crippen molar-refractivity contribution in [2.45, 2.75) is 30.6 Å². The molecule has 0 aromatic carbocycles. The van der Waals surface area contributed by atoms with Crippen LogP contribution >= 0.6 is 15.9 Å². The monoisotopic (exact) mass is 271 g/mol.